The summed E-state index contributed by atoms with van der Waals surface area (Å²) in [7, 11) is 2.17. The minimum Gasteiger partial charge on any atom is -0.381 e. The van der Waals surface area contributed by atoms with Gasteiger partial charge in [0.1, 0.15) is 6.33 Å². The predicted molar refractivity (Wildman–Crippen MR) is 73.3 cm³/mol. The maximum Gasteiger partial charge on any atom is 0.143 e. The molecule has 1 aromatic heterocycles. The number of likely N-dealkylation sites (N-methyl/N-ethyl adjacent to an activating group) is 1. The van der Waals surface area contributed by atoms with Crippen LogP contribution in [0.4, 0.5) is 5.69 Å². The summed E-state index contributed by atoms with van der Waals surface area (Å²) in [4.78, 5) is 2.38. The van der Waals surface area contributed by atoms with Crippen LogP contribution in [0, 0.1) is 0 Å². The van der Waals surface area contributed by atoms with Gasteiger partial charge in [-0.25, -0.2) is 4.68 Å². The Morgan fingerprint density at radius 2 is 2.05 bits per heavy atom. The molecule has 2 heterocycles. The first-order chi connectivity index (χ1) is 9.22. The molecule has 1 fully saturated rings. The van der Waals surface area contributed by atoms with Gasteiger partial charge >= 0.3 is 0 Å². The van der Waals surface area contributed by atoms with Crippen LogP contribution in [0.5, 0.6) is 0 Å². The van der Waals surface area contributed by atoms with Gasteiger partial charge in [-0.3, -0.25) is 0 Å². The van der Waals surface area contributed by atoms with Crippen molar-refractivity contribution < 1.29 is 0 Å². The third-order valence-electron chi connectivity index (χ3n) is 3.74. The van der Waals surface area contributed by atoms with Crippen molar-refractivity contribution in [3.05, 3.63) is 30.6 Å². The zero-order valence-corrected chi connectivity index (χ0v) is 11.2. The van der Waals surface area contributed by atoms with E-state index in [2.05, 4.69) is 51.8 Å². The van der Waals surface area contributed by atoms with Gasteiger partial charge in [0.2, 0.25) is 0 Å². The van der Waals surface area contributed by atoms with Crippen LogP contribution in [0.3, 0.4) is 0 Å². The summed E-state index contributed by atoms with van der Waals surface area (Å²) in [6.45, 7) is 3.36. The Morgan fingerprint density at radius 1 is 1.26 bits per heavy atom. The van der Waals surface area contributed by atoms with Gasteiger partial charge in [-0.05, 0) is 55.1 Å². The molecule has 3 rings (SSSR count). The molecular weight excluding hydrogens is 240 g/mol. The summed E-state index contributed by atoms with van der Waals surface area (Å²) < 4.78 is 1.65. The van der Waals surface area contributed by atoms with E-state index in [0.717, 1.165) is 17.9 Å². The lowest BCUT2D eigenvalue weighted by Crippen LogP contribution is -2.24. The average Bonchev–Trinajstić information content (AvgIpc) is 3.02. The third kappa shape index (κ3) is 2.58. The molecule has 1 aromatic carbocycles. The summed E-state index contributed by atoms with van der Waals surface area (Å²) in [5, 5.41) is 14.7. The maximum absolute atomic E-state index is 3.87. The van der Waals surface area contributed by atoms with Gasteiger partial charge in [-0.15, -0.1) is 5.10 Å². The Balaban J connectivity index is 1.67. The fourth-order valence-corrected chi connectivity index (χ4v) is 2.52. The summed E-state index contributed by atoms with van der Waals surface area (Å²) in [5.74, 6) is 0. The molecule has 1 saturated heterocycles. The standard InChI is InChI=1S/C13H18N6/c1-10-7-12(8-18(10)2)15-11-3-5-13(6-4-11)19-9-14-16-17-19/h3-6,9-10,12,15H,7-8H2,1-2H3. The van der Waals surface area contributed by atoms with Crippen molar-refractivity contribution in [1.29, 1.82) is 0 Å². The molecule has 1 aliphatic heterocycles. The number of benzene rings is 1. The molecule has 0 bridgehead atoms. The SMILES string of the molecule is CC1CC(Nc2ccc(-n3cnnn3)cc2)CN1C. The fraction of sp³-hybridized carbons (Fsp3) is 0.462. The highest BCUT2D eigenvalue weighted by atomic mass is 15.5. The number of anilines is 1. The zero-order valence-electron chi connectivity index (χ0n) is 11.2. The highest BCUT2D eigenvalue weighted by Crippen LogP contribution is 2.20. The molecule has 2 unspecified atom stereocenters. The number of tetrazole rings is 1. The normalized spacial score (nSPS) is 23.7. The smallest absolute Gasteiger partial charge is 0.143 e. The van der Waals surface area contributed by atoms with E-state index in [1.807, 2.05) is 12.1 Å². The highest BCUT2D eigenvalue weighted by molar-refractivity contribution is 5.49. The largest absolute Gasteiger partial charge is 0.381 e. The lowest BCUT2D eigenvalue weighted by Gasteiger charge is -2.14. The van der Waals surface area contributed by atoms with Crippen molar-refractivity contribution in [2.24, 2.45) is 0 Å². The van der Waals surface area contributed by atoms with Crippen LogP contribution < -0.4 is 5.32 Å². The number of likely N-dealkylation sites (tertiary alicyclic amines) is 1. The van der Waals surface area contributed by atoms with Gasteiger partial charge in [-0.1, -0.05) is 0 Å². The van der Waals surface area contributed by atoms with Crippen molar-refractivity contribution >= 4 is 5.69 Å². The number of rotatable bonds is 3. The van der Waals surface area contributed by atoms with Crippen LogP contribution in [0.25, 0.3) is 5.69 Å². The van der Waals surface area contributed by atoms with Crippen LogP contribution in [-0.2, 0) is 0 Å². The van der Waals surface area contributed by atoms with Gasteiger partial charge in [-0.2, -0.15) is 0 Å². The van der Waals surface area contributed by atoms with Gasteiger partial charge in [0, 0.05) is 24.3 Å². The van der Waals surface area contributed by atoms with Gasteiger partial charge in [0.25, 0.3) is 0 Å². The van der Waals surface area contributed by atoms with E-state index >= 15 is 0 Å². The number of hydrogen-bond donors (Lipinski definition) is 1. The minimum atomic E-state index is 0.527. The van der Waals surface area contributed by atoms with Gasteiger partial charge in [0.05, 0.1) is 5.69 Å². The van der Waals surface area contributed by atoms with E-state index < -0.39 is 0 Å². The van der Waals surface area contributed by atoms with Crippen molar-refractivity contribution in [2.75, 3.05) is 18.9 Å². The third-order valence-corrected chi connectivity index (χ3v) is 3.74. The number of nitrogens with zero attached hydrogens (tertiary/aromatic N) is 5. The molecule has 6 heteroatoms. The number of aromatic nitrogens is 4. The van der Waals surface area contributed by atoms with Crippen LogP contribution in [0.2, 0.25) is 0 Å². The molecule has 19 heavy (non-hydrogen) atoms. The number of hydrogen-bond acceptors (Lipinski definition) is 5. The minimum absolute atomic E-state index is 0.527. The molecule has 1 aliphatic rings. The van der Waals surface area contributed by atoms with E-state index in [0.29, 0.717) is 12.1 Å². The van der Waals surface area contributed by atoms with Crippen molar-refractivity contribution in [3.63, 3.8) is 0 Å². The molecular formula is C13H18N6. The molecule has 0 aliphatic carbocycles. The Morgan fingerprint density at radius 3 is 2.63 bits per heavy atom. The van der Waals surface area contributed by atoms with E-state index in [1.165, 1.54) is 6.42 Å². The van der Waals surface area contributed by atoms with E-state index in [4.69, 9.17) is 0 Å². The summed E-state index contributed by atoms with van der Waals surface area (Å²) in [5.41, 5.74) is 2.11. The van der Waals surface area contributed by atoms with Crippen molar-refractivity contribution in [1.82, 2.24) is 25.1 Å². The van der Waals surface area contributed by atoms with Crippen LogP contribution in [-0.4, -0.2) is 50.8 Å². The predicted octanol–water partition coefficient (Wildman–Crippen LogP) is 1.17. The molecule has 0 spiro atoms. The first-order valence-electron chi connectivity index (χ1n) is 6.52. The molecule has 0 amide bonds. The zero-order chi connectivity index (χ0) is 13.2. The molecule has 1 N–H and O–H groups in total. The maximum atomic E-state index is 3.87. The lowest BCUT2D eigenvalue weighted by atomic mass is 10.2. The quantitative estimate of drug-likeness (QED) is 0.895. The Hall–Kier alpha value is -1.95. The molecule has 0 saturated carbocycles. The number of nitrogens with one attached hydrogen (secondary N) is 1. The van der Waals surface area contributed by atoms with E-state index in [9.17, 15) is 0 Å². The summed E-state index contributed by atoms with van der Waals surface area (Å²) in [6.07, 6.45) is 2.78. The summed E-state index contributed by atoms with van der Waals surface area (Å²) in [6, 6.07) is 9.35. The molecule has 2 atom stereocenters. The summed E-state index contributed by atoms with van der Waals surface area (Å²) >= 11 is 0. The van der Waals surface area contributed by atoms with Gasteiger partial charge < -0.3 is 10.2 Å². The second kappa shape index (κ2) is 4.97. The first-order valence-corrected chi connectivity index (χ1v) is 6.52. The van der Waals surface area contributed by atoms with Crippen molar-refractivity contribution in [3.8, 4) is 5.69 Å². The second-order valence-corrected chi connectivity index (χ2v) is 5.17. The first kappa shape index (κ1) is 12.1. The molecule has 100 valence electrons. The lowest BCUT2D eigenvalue weighted by molar-refractivity contribution is 0.330. The van der Waals surface area contributed by atoms with E-state index in [-0.39, 0.29) is 0 Å². The van der Waals surface area contributed by atoms with Crippen LogP contribution in [0.1, 0.15) is 13.3 Å². The molecule has 2 aromatic rings. The Labute approximate surface area is 112 Å². The van der Waals surface area contributed by atoms with E-state index in [1.54, 1.807) is 11.0 Å². The fourth-order valence-electron chi connectivity index (χ4n) is 2.52. The topological polar surface area (TPSA) is 58.9 Å². The Kier molecular flexibility index (Phi) is 3.16. The molecule has 0 radical (unpaired) electrons. The monoisotopic (exact) mass is 258 g/mol. The Bertz CT molecular complexity index is 511. The van der Waals surface area contributed by atoms with Crippen molar-refractivity contribution in [2.45, 2.75) is 25.4 Å². The van der Waals surface area contributed by atoms with Gasteiger partial charge in [0.15, 0.2) is 0 Å². The van der Waals surface area contributed by atoms with Crippen LogP contribution >= 0.6 is 0 Å². The highest BCUT2D eigenvalue weighted by Gasteiger charge is 2.25. The second-order valence-electron chi connectivity index (χ2n) is 5.17. The van der Waals surface area contributed by atoms with Crippen LogP contribution in [0.15, 0.2) is 30.6 Å². The molecule has 6 nitrogen and oxygen atoms in total. The average molecular weight is 258 g/mol.